The predicted octanol–water partition coefficient (Wildman–Crippen LogP) is 1.24. The molecule has 1 aliphatic carbocycles. The predicted molar refractivity (Wildman–Crippen MR) is 82.7 cm³/mol. The van der Waals surface area contributed by atoms with E-state index in [0.717, 1.165) is 17.0 Å². The minimum absolute atomic E-state index is 0. The Hall–Kier alpha value is -1.66. The van der Waals surface area contributed by atoms with Crippen LogP contribution in [0, 0.1) is 19.8 Å². The molecular weight excluding hydrogens is 290 g/mol. The molecule has 1 atom stereocenters. The first-order chi connectivity index (χ1) is 9.56. The highest BCUT2D eigenvalue weighted by molar-refractivity contribution is 5.95. The molecule has 0 bridgehead atoms. The van der Waals surface area contributed by atoms with Gasteiger partial charge in [-0.2, -0.15) is 5.10 Å². The lowest BCUT2D eigenvalue weighted by Crippen LogP contribution is -2.39. The van der Waals surface area contributed by atoms with E-state index in [2.05, 4.69) is 15.4 Å². The molecule has 114 valence electrons. The summed E-state index contributed by atoms with van der Waals surface area (Å²) in [6.07, 6.45) is 3.95. The summed E-state index contributed by atoms with van der Waals surface area (Å²) < 4.78 is 1.70. The van der Waals surface area contributed by atoms with Gasteiger partial charge in [0, 0.05) is 24.8 Å². The minimum atomic E-state index is -0.138. The highest BCUT2D eigenvalue weighted by Crippen LogP contribution is 2.31. The molecular formula is C14H20ClN5O. The lowest BCUT2D eigenvalue weighted by molar-refractivity contribution is 0.0948. The molecule has 21 heavy (non-hydrogen) atoms. The molecule has 1 aliphatic rings. The van der Waals surface area contributed by atoms with Crippen LogP contribution in [0.25, 0.3) is 5.65 Å². The molecule has 2 aromatic heterocycles. The lowest BCUT2D eigenvalue weighted by Gasteiger charge is -2.12. The summed E-state index contributed by atoms with van der Waals surface area (Å²) in [5.41, 5.74) is 8.97. The number of amides is 1. The van der Waals surface area contributed by atoms with E-state index < -0.39 is 0 Å². The largest absolute Gasteiger partial charge is 0.350 e. The topological polar surface area (TPSA) is 85.3 Å². The van der Waals surface area contributed by atoms with Crippen molar-refractivity contribution in [1.82, 2.24) is 19.9 Å². The monoisotopic (exact) mass is 309 g/mol. The van der Waals surface area contributed by atoms with Crippen molar-refractivity contribution in [2.24, 2.45) is 11.7 Å². The number of carbonyl (C=O) groups excluding carboxylic acids is 1. The SMILES string of the molecule is Cc1cc2ncc(C(=O)NCC(N)C3CC3)c(C)n2n1.Cl. The van der Waals surface area contributed by atoms with Gasteiger partial charge < -0.3 is 11.1 Å². The fraction of sp³-hybridized carbons (Fsp3) is 0.500. The highest BCUT2D eigenvalue weighted by Gasteiger charge is 2.28. The molecule has 1 saturated carbocycles. The maximum Gasteiger partial charge on any atom is 0.254 e. The number of carbonyl (C=O) groups is 1. The van der Waals surface area contributed by atoms with Crippen molar-refractivity contribution in [2.45, 2.75) is 32.7 Å². The molecule has 1 fully saturated rings. The zero-order valence-electron chi connectivity index (χ0n) is 12.2. The number of nitrogens with one attached hydrogen (secondary N) is 1. The summed E-state index contributed by atoms with van der Waals surface area (Å²) in [5.74, 6) is 0.437. The van der Waals surface area contributed by atoms with Crippen molar-refractivity contribution in [1.29, 1.82) is 0 Å². The van der Waals surface area contributed by atoms with Crippen LogP contribution >= 0.6 is 12.4 Å². The van der Waals surface area contributed by atoms with E-state index in [-0.39, 0.29) is 24.4 Å². The van der Waals surface area contributed by atoms with Crippen LogP contribution in [0.3, 0.4) is 0 Å². The fourth-order valence-electron chi connectivity index (χ4n) is 2.38. The molecule has 0 aliphatic heterocycles. The van der Waals surface area contributed by atoms with E-state index >= 15 is 0 Å². The van der Waals surface area contributed by atoms with Gasteiger partial charge in [0.1, 0.15) is 0 Å². The summed E-state index contributed by atoms with van der Waals surface area (Å²) in [7, 11) is 0. The van der Waals surface area contributed by atoms with Crippen LogP contribution in [-0.4, -0.2) is 33.1 Å². The first kappa shape index (κ1) is 15.7. The van der Waals surface area contributed by atoms with Crippen LogP contribution in [0.2, 0.25) is 0 Å². The van der Waals surface area contributed by atoms with Gasteiger partial charge in [0.2, 0.25) is 0 Å². The van der Waals surface area contributed by atoms with Crippen LogP contribution in [0.15, 0.2) is 12.3 Å². The summed E-state index contributed by atoms with van der Waals surface area (Å²) >= 11 is 0. The normalized spacial score (nSPS) is 15.6. The van der Waals surface area contributed by atoms with Gasteiger partial charge in [-0.3, -0.25) is 4.79 Å². The Morgan fingerprint density at radius 2 is 2.24 bits per heavy atom. The highest BCUT2D eigenvalue weighted by atomic mass is 35.5. The number of hydrogen-bond acceptors (Lipinski definition) is 4. The second-order valence-electron chi connectivity index (χ2n) is 5.52. The van der Waals surface area contributed by atoms with E-state index in [1.807, 2.05) is 19.9 Å². The number of hydrogen-bond donors (Lipinski definition) is 2. The summed E-state index contributed by atoms with van der Waals surface area (Å²) in [5, 5.41) is 7.23. The van der Waals surface area contributed by atoms with E-state index in [1.165, 1.54) is 12.8 Å². The summed E-state index contributed by atoms with van der Waals surface area (Å²) in [6, 6.07) is 1.94. The van der Waals surface area contributed by atoms with E-state index in [4.69, 9.17) is 5.73 Å². The fourth-order valence-corrected chi connectivity index (χ4v) is 2.38. The first-order valence-corrected chi connectivity index (χ1v) is 6.92. The standard InChI is InChI=1S/C14H19N5O.ClH/c1-8-5-13-16-6-11(9(2)19(13)18-8)14(20)17-7-12(15)10-3-4-10;/h5-6,10,12H,3-4,7,15H2,1-2H3,(H,17,20);1H. The molecule has 0 saturated heterocycles. The third-order valence-electron chi connectivity index (χ3n) is 3.82. The maximum absolute atomic E-state index is 12.2. The van der Waals surface area contributed by atoms with Gasteiger partial charge in [0.25, 0.3) is 5.91 Å². The van der Waals surface area contributed by atoms with Gasteiger partial charge in [-0.1, -0.05) is 0 Å². The maximum atomic E-state index is 12.2. The third-order valence-corrected chi connectivity index (χ3v) is 3.82. The smallest absolute Gasteiger partial charge is 0.254 e. The van der Waals surface area contributed by atoms with Crippen molar-refractivity contribution in [2.75, 3.05) is 6.54 Å². The van der Waals surface area contributed by atoms with Crippen molar-refractivity contribution in [3.05, 3.63) is 29.2 Å². The van der Waals surface area contributed by atoms with Gasteiger partial charge in [-0.25, -0.2) is 9.50 Å². The molecule has 0 spiro atoms. The summed E-state index contributed by atoms with van der Waals surface area (Å²) in [4.78, 5) is 16.5. The molecule has 2 aromatic rings. The number of fused-ring (bicyclic) bond motifs is 1. The first-order valence-electron chi connectivity index (χ1n) is 6.92. The van der Waals surface area contributed by atoms with Crippen molar-refractivity contribution < 1.29 is 4.79 Å². The Kier molecular flexibility index (Phi) is 4.49. The Bertz CT molecular complexity index is 665. The molecule has 1 amide bonds. The van der Waals surface area contributed by atoms with E-state index in [9.17, 15) is 4.79 Å². The van der Waals surface area contributed by atoms with Gasteiger partial charge in [-0.05, 0) is 32.6 Å². The molecule has 3 rings (SSSR count). The van der Waals surface area contributed by atoms with Crippen LogP contribution < -0.4 is 11.1 Å². The Balaban J connectivity index is 0.00000161. The summed E-state index contributed by atoms with van der Waals surface area (Å²) in [6.45, 7) is 4.29. The lowest BCUT2D eigenvalue weighted by atomic mass is 10.2. The molecule has 7 heteroatoms. The van der Waals surface area contributed by atoms with Crippen LogP contribution in [0.1, 0.15) is 34.6 Å². The molecule has 2 heterocycles. The van der Waals surface area contributed by atoms with Crippen LogP contribution in [-0.2, 0) is 0 Å². The Morgan fingerprint density at radius 1 is 1.52 bits per heavy atom. The zero-order valence-corrected chi connectivity index (χ0v) is 13.0. The molecule has 6 nitrogen and oxygen atoms in total. The average Bonchev–Trinajstić information content (AvgIpc) is 3.19. The molecule has 0 radical (unpaired) electrons. The van der Waals surface area contributed by atoms with E-state index in [1.54, 1.807) is 10.7 Å². The van der Waals surface area contributed by atoms with E-state index in [0.29, 0.717) is 18.0 Å². The third kappa shape index (κ3) is 3.16. The number of halogens is 1. The Labute approximate surface area is 129 Å². The number of nitrogens with zero attached hydrogens (tertiary/aromatic N) is 3. The zero-order chi connectivity index (χ0) is 14.3. The van der Waals surface area contributed by atoms with Crippen molar-refractivity contribution in [3.63, 3.8) is 0 Å². The quantitative estimate of drug-likeness (QED) is 0.889. The second-order valence-corrected chi connectivity index (χ2v) is 5.52. The molecule has 0 aromatic carbocycles. The van der Waals surface area contributed by atoms with Crippen LogP contribution in [0.5, 0.6) is 0 Å². The van der Waals surface area contributed by atoms with Gasteiger partial charge in [0.05, 0.1) is 17.0 Å². The van der Waals surface area contributed by atoms with Crippen molar-refractivity contribution >= 4 is 24.0 Å². The number of rotatable bonds is 4. The van der Waals surface area contributed by atoms with Gasteiger partial charge >= 0.3 is 0 Å². The van der Waals surface area contributed by atoms with Gasteiger partial charge in [-0.15, -0.1) is 12.4 Å². The number of aromatic nitrogens is 3. The Morgan fingerprint density at radius 3 is 2.90 bits per heavy atom. The number of nitrogens with two attached hydrogens (primary N) is 1. The van der Waals surface area contributed by atoms with Gasteiger partial charge in [0.15, 0.2) is 5.65 Å². The number of aryl methyl sites for hydroxylation is 2. The second kappa shape index (κ2) is 5.99. The molecule has 1 unspecified atom stereocenters. The van der Waals surface area contributed by atoms with Crippen molar-refractivity contribution in [3.8, 4) is 0 Å². The minimum Gasteiger partial charge on any atom is -0.350 e. The molecule has 3 N–H and O–H groups in total. The average molecular weight is 310 g/mol. The van der Waals surface area contributed by atoms with Crippen LogP contribution in [0.4, 0.5) is 0 Å².